The summed E-state index contributed by atoms with van der Waals surface area (Å²) in [5.41, 5.74) is 7.98. The Balaban J connectivity index is 2.40. The Kier molecular flexibility index (Phi) is 4.45. The molecule has 0 aliphatic heterocycles. The predicted octanol–water partition coefficient (Wildman–Crippen LogP) is 1.92. The quantitative estimate of drug-likeness (QED) is 0.749. The number of aliphatic hydroxyl groups excluding tert-OH is 1. The van der Waals surface area contributed by atoms with Crippen molar-refractivity contribution in [3.05, 3.63) is 53.6 Å². The van der Waals surface area contributed by atoms with Gasteiger partial charge in [0.1, 0.15) is 5.75 Å². The molecule has 2 aromatic rings. The van der Waals surface area contributed by atoms with Gasteiger partial charge in [0.2, 0.25) is 0 Å². The van der Waals surface area contributed by atoms with Crippen LogP contribution in [-0.2, 0) is 0 Å². The summed E-state index contributed by atoms with van der Waals surface area (Å²) in [6, 6.07) is 11.6. The van der Waals surface area contributed by atoms with Gasteiger partial charge in [-0.05, 0) is 42.8 Å². The molecule has 0 fully saturated rings. The highest BCUT2D eigenvalue weighted by molar-refractivity contribution is 6.07. The zero-order valence-electron chi connectivity index (χ0n) is 11.8. The second-order valence-electron chi connectivity index (χ2n) is 4.74. The average Bonchev–Trinajstić information content (AvgIpc) is 2.48. The van der Waals surface area contributed by atoms with E-state index < -0.39 is 0 Å². The van der Waals surface area contributed by atoms with Gasteiger partial charge in [0.15, 0.2) is 0 Å². The third kappa shape index (κ3) is 3.14. The maximum absolute atomic E-state index is 12.6. The van der Waals surface area contributed by atoms with Gasteiger partial charge < -0.3 is 20.8 Å². The number of phenols is 1. The van der Waals surface area contributed by atoms with Crippen LogP contribution in [0.5, 0.6) is 5.75 Å². The maximum Gasteiger partial charge on any atom is 0.258 e. The fourth-order valence-electron chi connectivity index (χ4n) is 2.11. The molecule has 0 aromatic heterocycles. The molecule has 2 aromatic carbocycles. The van der Waals surface area contributed by atoms with Crippen LogP contribution >= 0.6 is 0 Å². The Morgan fingerprint density at radius 2 is 1.95 bits per heavy atom. The SMILES string of the molecule is Cc1cc(C(=O)N(CCO)c2ccccc2N)ccc1O. The summed E-state index contributed by atoms with van der Waals surface area (Å²) in [6.07, 6.45) is 0. The van der Waals surface area contributed by atoms with E-state index >= 15 is 0 Å². The van der Waals surface area contributed by atoms with Crippen LogP contribution in [0.15, 0.2) is 42.5 Å². The van der Waals surface area contributed by atoms with Crippen LogP contribution in [-0.4, -0.2) is 29.3 Å². The summed E-state index contributed by atoms with van der Waals surface area (Å²) in [6.45, 7) is 1.70. The fourth-order valence-corrected chi connectivity index (χ4v) is 2.11. The number of nitrogens with zero attached hydrogens (tertiary/aromatic N) is 1. The molecule has 0 radical (unpaired) electrons. The van der Waals surface area contributed by atoms with E-state index in [2.05, 4.69) is 0 Å². The van der Waals surface area contributed by atoms with Gasteiger partial charge in [0, 0.05) is 12.1 Å². The van der Waals surface area contributed by atoms with Crippen LogP contribution in [0.4, 0.5) is 11.4 Å². The third-order valence-corrected chi connectivity index (χ3v) is 3.24. The van der Waals surface area contributed by atoms with Gasteiger partial charge in [0.05, 0.1) is 18.0 Å². The topological polar surface area (TPSA) is 86.8 Å². The standard InChI is InChI=1S/C16H18N2O3/c1-11-10-12(6-7-15(11)20)16(21)18(8-9-19)14-5-3-2-4-13(14)17/h2-7,10,19-20H,8-9,17H2,1H3. The first-order valence-corrected chi connectivity index (χ1v) is 6.61. The van der Waals surface area contributed by atoms with E-state index in [4.69, 9.17) is 5.73 Å². The molecular weight excluding hydrogens is 268 g/mol. The Bertz CT molecular complexity index is 656. The van der Waals surface area contributed by atoms with E-state index in [9.17, 15) is 15.0 Å². The summed E-state index contributed by atoms with van der Waals surface area (Å²) in [4.78, 5) is 14.1. The molecule has 0 unspecified atom stereocenters. The molecule has 0 heterocycles. The molecule has 0 aliphatic rings. The molecule has 5 nitrogen and oxygen atoms in total. The van der Waals surface area contributed by atoms with Crippen molar-refractivity contribution in [3.63, 3.8) is 0 Å². The number of benzene rings is 2. The number of carbonyl (C=O) groups is 1. The Morgan fingerprint density at radius 3 is 2.57 bits per heavy atom. The number of hydrogen-bond acceptors (Lipinski definition) is 4. The van der Waals surface area contributed by atoms with E-state index in [0.29, 0.717) is 22.5 Å². The van der Waals surface area contributed by atoms with Crippen LogP contribution in [0.3, 0.4) is 0 Å². The molecule has 0 spiro atoms. The number of aryl methyl sites for hydroxylation is 1. The van der Waals surface area contributed by atoms with Crippen molar-refractivity contribution in [1.29, 1.82) is 0 Å². The average molecular weight is 286 g/mol. The number of amides is 1. The smallest absolute Gasteiger partial charge is 0.258 e. The molecule has 4 N–H and O–H groups in total. The number of rotatable bonds is 4. The van der Waals surface area contributed by atoms with Crippen molar-refractivity contribution < 1.29 is 15.0 Å². The number of anilines is 2. The molecule has 21 heavy (non-hydrogen) atoms. The minimum absolute atomic E-state index is 0.138. The van der Waals surface area contributed by atoms with Gasteiger partial charge in [-0.15, -0.1) is 0 Å². The van der Waals surface area contributed by atoms with E-state index in [0.717, 1.165) is 0 Å². The minimum atomic E-state index is -0.273. The lowest BCUT2D eigenvalue weighted by Gasteiger charge is -2.23. The van der Waals surface area contributed by atoms with E-state index in [-0.39, 0.29) is 24.8 Å². The minimum Gasteiger partial charge on any atom is -0.508 e. The lowest BCUT2D eigenvalue weighted by molar-refractivity contribution is 0.0981. The lowest BCUT2D eigenvalue weighted by atomic mass is 10.1. The molecule has 0 saturated carbocycles. The number of hydrogen-bond donors (Lipinski definition) is 3. The number of carbonyl (C=O) groups excluding carboxylic acids is 1. The lowest BCUT2D eigenvalue weighted by Crippen LogP contribution is -2.34. The molecule has 5 heteroatoms. The van der Waals surface area contributed by atoms with Crippen molar-refractivity contribution in [2.24, 2.45) is 0 Å². The summed E-state index contributed by atoms with van der Waals surface area (Å²) >= 11 is 0. The largest absolute Gasteiger partial charge is 0.508 e. The van der Waals surface area contributed by atoms with Crippen LogP contribution in [0, 0.1) is 6.92 Å². The van der Waals surface area contributed by atoms with Crippen molar-refractivity contribution in [1.82, 2.24) is 0 Å². The highest BCUT2D eigenvalue weighted by atomic mass is 16.3. The second kappa shape index (κ2) is 6.28. The highest BCUT2D eigenvalue weighted by Gasteiger charge is 2.19. The summed E-state index contributed by atoms with van der Waals surface area (Å²) in [5.74, 6) is -0.135. The van der Waals surface area contributed by atoms with Crippen LogP contribution < -0.4 is 10.6 Å². The maximum atomic E-state index is 12.6. The molecule has 1 amide bonds. The van der Waals surface area contributed by atoms with Crippen LogP contribution in [0.2, 0.25) is 0 Å². The first-order chi connectivity index (χ1) is 10.0. The summed E-state index contributed by atoms with van der Waals surface area (Å²) in [5, 5.41) is 18.8. The van der Waals surface area contributed by atoms with Crippen molar-refractivity contribution in [2.75, 3.05) is 23.8 Å². The van der Waals surface area contributed by atoms with Gasteiger partial charge in [-0.25, -0.2) is 0 Å². The molecule has 0 aliphatic carbocycles. The number of nitrogen functional groups attached to an aromatic ring is 1. The third-order valence-electron chi connectivity index (χ3n) is 3.24. The monoisotopic (exact) mass is 286 g/mol. The van der Waals surface area contributed by atoms with E-state index in [1.807, 2.05) is 0 Å². The highest BCUT2D eigenvalue weighted by Crippen LogP contribution is 2.25. The van der Waals surface area contributed by atoms with Crippen LogP contribution in [0.1, 0.15) is 15.9 Å². The Labute approximate surface area is 123 Å². The number of nitrogens with two attached hydrogens (primary N) is 1. The van der Waals surface area contributed by atoms with Gasteiger partial charge in [-0.3, -0.25) is 4.79 Å². The molecule has 0 bridgehead atoms. The Hall–Kier alpha value is -2.53. The normalized spacial score (nSPS) is 10.4. The van der Waals surface area contributed by atoms with Crippen LogP contribution in [0.25, 0.3) is 0 Å². The number of aliphatic hydroxyl groups is 1. The molecule has 0 atom stereocenters. The molecular formula is C16H18N2O3. The van der Waals surface area contributed by atoms with E-state index in [1.165, 1.54) is 11.0 Å². The number of para-hydroxylation sites is 2. The van der Waals surface area contributed by atoms with Gasteiger partial charge in [-0.2, -0.15) is 0 Å². The van der Waals surface area contributed by atoms with Crippen molar-refractivity contribution in [3.8, 4) is 5.75 Å². The number of aromatic hydroxyl groups is 1. The van der Waals surface area contributed by atoms with Crippen molar-refractivity contribution in [2.45, 2.75) is 6.92 Å². The van der Waals surface area contributed by atoms with E-state index in [1.54, 1.807) is 43.3 Å². The molecule has 2 rings (SSSR count). The number of phenolic OH excluding ortho intramolecular Hbond substituents is 1. The molecule has 110 valence electrons. The van der Waals surface area contributed by atoms with Crippen molar-refractivity contribution >= 4 is 17.3 Å². The van der Waals surface area contributed by atoms with Gasteiger partial charge >= 0.3 is 0 Å². The Morgan fingerprint density at radius 1 is 1.24 bits per heavy atom. The fraction of sp³-hybridized carbons (Fsp3) is 0.188. The summed E-state index contributed by atoms with van der Waals surface area (Å²) < 4.78 is 0. The zero-order valence-corrected chi connectivity index (χ0v) is 11.8. The first kappa shape index (κ1) is 14.9. The van der Waals surface area contributed by atoms with Gasteiger partial charge in [-0.1, -0.05) is 12.1 Å². The zero-order chi connectivity index (χ0) is 15.4. The predicted molar refractivity (Wildman–Crippen MR) is 82.5 cm³/mol. The van der Waals surface area contributed by atoms with Gasteiger partial charge in [0.25, 0.3) is 5.91 Å². The second-order valence-corrected chi connectivity index (χ2v) is 4.74. The molecule has 0 saturated heterocycles. The first-order valence-electron chi connectivity index (χ1n) is 6.61. The summed E-state index contributed by atoms with van der Waals surface area (Å²) in [7, 11) is 0.